The summed E-state index contributed by atoms with van der Waals surface area (Å²) in [7, 11) is 3.06. The van der Waals surface area contributed by atoms with E-state index in [-0.39, 0.29) is 5.78 Å². The van der Waals surface area contributed by atoms with Crippen molar-refractivity contribution in [2.45, 2.75) is 0 Å². The lowest BCUT2D eigenvalue weighted by Crippen LogP contribution is -1.94. The first kappa shape index (κ1) is 16.6. The van der Waals surface area contributed by atoms with Crippen LogP contribution in [0.25, 0.3) is 6.08 Å². The minimum Gasteiger partial charge on any atom is -0.493 e. The molecule has 0 saturated carbocycles. The molecule has 3 nitrogen and oxygen atoms in total. The second kappa shape index (κ2) is 7.47. The first-order chi connectivity index (χ1) is 10.5. The van der Waals surface area contributed by atoms with Gasteiger partial charge in [-0.2, -0.15) is 0 Å². The zero-order valence-corrected chi connectivity index (χ0v) is 14.4. The summed E-state index contributed by atoms with van der Waals surface area (Å²) in [6, 6.07) is 10.7. The van der Waals surface area contributed by atoms with Crippen molar-refractivity contribution >= 4 is 39.4 Å². The van der Waals surface area contributed by atoms with E-state index < -0.39 is 0 Å². The molecule has 0 saturated heterocycles. The van der Waals surface area contributed by atoms with Gasteiger partial charge in [-0.05, 0) is 48.0 Å². The van der Waals surface area contributed by atoms with E-state index in [4.69, 9.17) is 21.1 Å². The molecule has 0 heterocycles. The summed E-state index contributed by atoms with van der Waals surface area (Å²) in [6.07, 6.45) is 3.19. The molecule has 5 heteroatoms. The van der Waals surface area contributed by atoms with E-state index in [0.717, 1.165) is 10.0 Å². The Labute approximate surface area is 142 Å². The van der Waals surface area contributed by atoms with E-state index >= 15 is 0 Å². The number of carbonyl (C=O) groups excluding carboxylic acids is 1. The molecule has 2 aromatic carbocycles. The predicted molar refractivity (Wildman–Crippen MR) is 92.1 cm³/mol. The number of benzene rings is 2. The molecule has 2 aromatic rings. The van der Waals surface area contributed by atoms with Gasteiger partial charge in [0, 0.05) is 10.0 Å². The van der Waals surface area contributed by atoms with Crippen LogP contribution in [0.3, 0.4) is 0 Å². The largest absolute Gasteiger partial charge is 0.493 e. The van der Waals surface area contributed by atoms with Gasteiger partial charge in [0.15, 0.2) is 17.3 Å². The lowest BCUT2D eigenvalue weighted by Gasteiger charge is -2.10. The normalized spacial score (nSPS) is 10.7. The zero-order valence-electron chi connectivity index (χ0n) is 12.1. The van der Waals surface area contributed by atoms with E-state index in [9.17, 15) is 4.79 Å². The Morgan fingerprint density at radius 2 is 1.82 bits per heavy atom. The average molecular weight is 382 g/mol. The Kier molecular flexibility index (Phi) is 5.63. The fraction of sp³-hybridized carbons (Fsp3) is 0.118. The van der Waals surface area contributed by atoms with Crippen LogP contribution in [-0.4, -0.2) is 20.0 Å². The third kappa shape index (κ3) is 3.90. The minimum atomic E-state index is -0.0848. The molecule has 2 rings (SSSR count). The van der Waals surface area contributed by atoms with Crippen LogP contribution >= 0.6 is 27.5 Å². The second-order valence-electron chi connectivity index (χ2n) is 4.44. The monoisotopic (exact) mass is 380 g/mol. The number of halogens is 2. The third-order valence-corrected chi connectivity index (χ3v) is 3.82. The highest BCUT2D eigenvalue weighted by atomic mass is 79.9. The summed E-state index contributed by atoms with van der Waals surface area (Å²) in [4.78, 5) is 12.1. The Balaban J connectivity index is 2.24. The molecule has 0 atom stereocenters. The highest BCUT2D eigenvalue weighted by molar-refractivity contribution is 9.10. The Bertz CT molecular complexity index is 709. The van der Waals surface area contributed by atoms with E-state index in [1.807, 2.05) is 12.1 Å². The number of carbonyl (C=O) groups is 1. The van der Waals surface area contributed by atoms with Gasteiger partial charge in [-0.15, -0.1) is 0 Å². The van der Waals surface area contributed by atoms with Crippen LogP contribution in [0.5, 0.6) is 11.5 Å². The van der Waals surface area contributed by atoms with Crippen molar-refractivity contribution in [2.24, 2.45) is 0 Å². The number of methoxy groups -OCH3 is 2. The van der Waals surface area contributed by atoms with Gasteiger partial charge in [0.2, 0.25) is 0 Å². The summed E-state index contributed by atoms with van der Waals surface area (Å²) in [5.41, 5.74) is 1.37. The standard InChI is InChI=1S/C17H14BrClO3/c1-21-16-10-11(9-14(19)17(16)22-2)3-8-15(20)12-4-6-13(18)7-5-12/h3-10H,1-2H3. The molecule has 22 heavy (non-hydrogen) atoms. The topological polar surface area (TPSA) is 35.5 Å². The molecule has 0 aliphatic heterocycles. The summed E-state index contributed by atoms with van der Waals surface area (Å²) in [5, 5.41) is 0.428. The highest BCUT2D eigenvalue weighted by Gasteiger charge is 2.10. The van der Waals surface area contributed by atoms with E-state index in [0.29, 0.717) is 22.1 Å². The number of hydrogen-bond donors (Lipinski definition) is 0. The Hall–Kier alpha value is -1.78. The zero-order chi connectivity index (χ0) is 16.1. The lowest BCUT2D eigenvalue weighted by molar-refractivity contribution is 0.104. The fourth-order valence-corrected chi connectivity index (χ4v) is 2.48. The summed E-state index contributed by atoms with van der Waals surface area (Å²) >= 11 is 9.47. The third-order valence-electron chi connectivity index (χ3n) is 3.01. The molecule has 0 aliphatic carbocycles. The Morgan fingerprint density at radius 3 is 2.41 bits per heavy atom. The van der Waals surface area contributed by atoms with Crippen LogP contribution in [0.2, 0.25) is 5.02 Å². The second-order valence-corrected chi connectivity index (χ2v) is 5.77. The maximum atomic E-state index is 12.1. The van der Waals surface area contributed by atoms with Crippen LogP contribution in [0.15, 0.2) is 46.9 Å². The van der Waals surface area contributed by atoms with Gasteiger partial charge < -0.3 is 9.47 Å². The maximum Gasteiger partial charge on any atom is 0.185 e. The number of hydrogen-bond acceptors (Lipinski definition) is 3. The van der Waals surface area contributed by atoms with Crippen molar-refractivity contribution in [2.75, 3.05) is 14.2 Å². The molecule has 0 aliphatic rings. The molecule has 0 spiro atoms. The molecule has 0 fully saturated rings. The van der Waals surface area contributed by atoms with Crippen molar-refractivity contribution in [3.63, 3.8) is 0 Å². The molecule has 0 amide bonds. The van der Waals surface area contributed by atoms with Crippen molar-refractivity contribution in [3.05, 3.63) is 63.1 Å². The molecule has 0 aromatic heterocycles. The average Bonchev–Trinajstić information content (AvgIpc) is 2.52. The van der Waals surface area contributed by atoms with E-state index in [2.05, 4.69) is 15.9 Å². The van der Waals surface area contributed by atoms with Gasteiger partial charge in [0.05, 0.1) is 19.2 Å². The molecular formula is C17H14BrClO3. The van der Waals surface area contributed by atoms with Crippen molar-refractivity contribution < 1.29 is 14.3 Å². The van der Waals surface area contributed by atoms with E-state index in [1.165, 1.54) is 20.3 Å². The van der Waals surface area contributed by atoms with Crippen molar-refractivity contribution in [1.82, 2.24) is 0 Å². The van der Waals surface area contributed by atoms with Crippen LogP contribution in [0, 0.1) is 0 Å². The van der Waals surface area contributed by atoms with Crippen LogP contribution < -0.4 is 9.47 Å². The molecule has 0 bridgehead atoms. The van der Waals surface area contributed by atoms with Crippen LogP contribution in [0.4, 0.5) is 0 Å². The molecule has 114 valence electrons. The predicted octanol–water partition coefficient (Wildman–Crippen LogP) is 5.02. The summed E-state index contributed by atoms with van der Waals surface area (Å²) in [6.45, 7) is 0. The van der Waals surface area contributed by atoms with E-state index in [1.54, 1.807) is 30.3 Å². The van der Waals surface area contributed by atoms with Gasteiger partial charge in [-0.3, -0.25) is 4.79 Å². The first-order valence-corrected chi connectivity index (χ1v) is 7.61. The van der Waals surface area contributed by atoms with Gasteiger partial charge in [-0.25, -0.2) is 0 Å². The number of allylic oxidation sites excluding steroid dienone is 1. The number of ether oxygens (including phenoxy) is 2. The number of rotatable bonds is 5. The Morgan fingerprint density at radius 1 is 1.14 bits per heavy atom. The van der Waals surface area contributed by atoms with Gasteiger partial charge >= 0.3 is 0 Å². The van der Waals surface area contributed by atoms with Crippen LogP contribution in [-0.2, 0) is 0 Å². The summed E-state index contributed by atoms with van der Waals surface area (Å²) in [5.74, 6) is 0.907. The van der Waals surface area contributed by atoms with Crippen LogP contribution in [0.1, 0.15) is 15.9 Å². The SMILES string of the molecule is COc1cc(C=CC(=O)c2ccc(Br)cc2)cc(Cl)c1OC. The molecular weight excluding hydrogens is 368 g/mol. The molecule has 0 N–H and O–H groups in total. The molecule has 0 unspecified atom stereocenters. The minimum absolute atomic E-state index is 0.0848. The lowest BCUT2D eigenvalue weighted by atomic mass is 10.1. The smallest absolute Gasteiger partial charge is 0.185 e. The maximum absolute atomic E-state index is 12.1. The van der Waals surface area contributed by atoms with Gasteiger partial charge in [0.1, 0.15) is 0 Å². The quantitative estimate of drug-likeness (QED) is 0.539. The first-order valence-electron chi connectivity index (χ1n) is 6.44. The van der Waals surface area contributed by atoms with Gasteiger partial charge in [0.25, 0.3) is 0 Å². The van der Waals surface area contributed by atoms with Gasteiger partial charge in [-0.1, -0.05) is 33.6 Å². The van der Waals surface area contributed by atoms with Crippen molar-refractivity contribution in [1.29, 1.82) is 0 Å². The van der Waals surface area contributed by atoms with Crippen molar-refractivity contribution in [3.8, 4) is 11.5 Å². The fourth-order valence-electron chi connectivity index (χ4n) is 1.92. The molecule has 0 radical (unpaired) electrons. The number of ketones is 1. The summed E-state index contributed by atoms with van der Waals surface area (Å²) < 4.78 is 11.3. The highest BCUT2D eigenvalue weighted by Crippen LogP contribution is 2.36.